The highest BCUT2D eigenvalue weighted by molar-refractivity contribution is 7.99. The molecule has 2 fully saturated rings. The second-order valence-corrected chi connectivity index (χ2v) is 6.55. The van der Waals surface area contributed by atoms with Crippen molar-refractivity contribution >= 4 is 23.1 Å². The number of aromatic nitrogens is 1. The molecular formula is C11H16N2S2. The summed E-state index contributed by atoms with van der Waals surface area (Å²) in [5.74, 6) is 4.21. The molecule has 0 radical (unpaired) electrons. The minimum atomic E-state index is 0.750. The highest BCUT2D eigenvalue weighted by Crippen LogP contribution is 2.33. The van der Waals surface area contributed by atoms with Crippen LogP contribution >= 0.6 is 23.1 Å². The van der Waals surface area contributed by atoms with Gasteiger partial charge in [-0.3, -0.25) is 0 Å². The topological polar surface area (TPSA) is 24.9 Å². The Hall–Kier alpha value is -0.0600. The third-order valence-corrected chi connectivity index (χ3v) is 5.30. The van der Waals surface area contributed by atoms with Crippen molar-refractivity contribution in [2.45, 2.75) is 18.8 Å². The van der Waals surface area contributed by atoms with Crippen molar-refractivity contribution < 1.29 is 0 Å². The zero-order chi connectivity index (χ0) is 10.1. The summed E-state index contributed by atoms with van der Waals surface area (Å²) in [4.78, 5) is 4.79. The highest BCUT2D eigenvalue weighted by Gasteiger charge is 2.22. The maximum Gasteiger partial charge on any atom is 0.0932 e. The van der Waals surface area contributed by atoms with E-state index >= 15 is 0 Å². The van der Waals surface area contributed by atoms with Crippen LogP contribution in [0, 0.1) is 5.92 Å². The molecule has 2 saturated heterocycles. The van der Waals surface area contributed by atoms with Gasteiger partial charge in [0.05, 0.1) is 10.7 Å². The molecule has 2 aliphatic heterocycles. The van der Waals surface area contributed by atoms with E-state index in [9.17, 15) is 0 Å². The quantitative estimate of drug-likeness (QED) is 0.876. The summed E-state index contributed by atoms with van der Waals surface area (Å²) in [5, 5.41) is 6.96. The van der Waals surface area contributed by atoms with Crippen LogP contribution in [0.25, 0.3) is 0 Å². The molecule has 1 N–H and O–H groups in total. The maximum atomic E-state index is 4.79. The van der Waals surface area contributed by atoms with Crippen molar-refractivity contribution in [3.8, 4) is 0 Å². The molecule has 3 rings (SSSR count). The zero-order valence-corrected chi connectivity index (χ0v) is 10.4. The van der Waals surface area contributed by atoms with Crippen molar-refractivity contribution in [2.24, 2.45) is 5.92 Å². The molecule has 1 atom stereocenters. The van der Waals surface area contributed by atoms with Gasteiger partial charge in [0.25, 0.3) is 0 Å². The number of thiazole rings is 1. The molecular weight excluding hydrogens is 224 g/mol. The summed E-state index contributed by atoms with van der Waals surface area (Å²) in [5.41, 5.74) is 1.37. The molecule has 4 heteroatoms. The van der Waals surface area contributed by atoms with Gasteiger partial charge in [0.1, 0.15) is 0 Å². The van der Waals surface area contributed by atoms with Crippen LogP contribution < -0.4 is 5.32 Å². The van der Waals surface area contributed by atoms with Crippen LogP contribution in [0.4, 0.5) is 0 Å². The largest absolute Gasteiger partial charge is 0.316 e. The predicted molar refractivity (Wildman–Crippen MR) is 66.9 cm³/mol. The number of thioether (sulfide) groups is 1. The molecule has 1 aromatic heterocycles. The summed E-state index contributed by atoms with van der Waals surface area (Å²) < 4.78 is 0. The van der Waals surface area contributed by atoms with Crippen molar-refractivity contribution in [2.75, 3.05) is 24.6 Å². The van der Waals surface area contributed by atoms with Gasteiger partial charge in [0.15, 0.2) is 0 Å². The lowest BCUT2D eigenvalue weighted by molar-refractivity contribution is 0.346. The Morgan fingerprint density at radius 2 is 2.40 bits per heavy atom. The fourth-order valence-electron chi connectivity index (χ4n) is 2.11. The normalized spacial score (nSPS) is 26.8. The summed E-state index contributed by atoms with van der Waals surface area (Å²) >= 11 is 3.94. The van der Waals surface area contributed by atoms with Crippen LogP contribution in [-0.4, -0.2) is 29.6 Å². The molecule has 0 bridgehead atoms. The fraction of sp³-hybridized carbons (Fsp3) is 0.727. The van der Waals surface area contributed by atoms with Crippen molar-refractivity contribution in [1.82, 2.24) is 10.3 Å². The molecule has 3 heterocycles. The molecule has 15 heavy (non-hydrogen) atoms. The first-order valence-electron chi connectivity index (χ1n) is 5.64. The molecule has 2 nitrogen and oxygen atoms in total. The molecule has 0 saturated carbocycles. The summed E-state index contributed by atoms with van der Waals surface area (Å²) in [6, 6.07) is 0. The molecule has 1 unspecified atom stereocenters. The van der Waals surface area contributed by atoms with Crippen LogP contribution in [0.1, 0.15) is 23.0 Å². The first-order valence-corrected chi connectivity index (χ1v) is 7.68. The lowest BCUT2D eigenvalue weighted by atomic mass is 10.00. The first kappa shape index (κ1) is 10.1. The Morgan fingerprint density at radius 1 is 1.47 bits per heavy atom. The predicted octanol–water partition coefficient (Wildman–Crippen LogP) is 2.13. The van der Waals surface area contributed by atoms with E-state index in [1.54, 1.807) is 0 Å². The van der Waals surface area contributed by atoms with Crippen molar-refractivity contribution in [1.29, 1.82) is 0 Å². The minimum absolute atomic E-state index is 0.750. The second kappa shape index (κ2) is 4.44. The van der Waals surface area contributed by atoms with E-state index in [0.29, 0.717) is 0 Å². The summed E-state index contributed by atoms with van der Waals surface area (Å²) in [7, 11) is 0. The number of nitrogens with one attached hydrogen (secondary N) is 1. The van der Waals surface area contributed by atoms with Crippen LogP contribution in [0.15, 0.2) is 5.38 Å². The molecule has 0 aromatic carbocycles. The van der Waals surface area contributed by atoms with Crippen LogP contribution in [-0.2, 0) is 6.42 Å². The number of hydrogen-bond donors (Lipinski definition) is 1. The highest BCUT2D eigenvalue weighted by atomic mass is 32.2. The van der Waals surface area contributed by atoms with Crippen LogP contribution in [0.2, 0.25) is 0 Å². The van der Waals surface area contributed by atoms with E-state index in [-0.39, 0.29) is 0 Å². The molecule has 0 spiro atoms. The minimum Gasteiger partial charge on any atom is -0.316 e. The van der Waals surface area contributed by atoms with E-state index in [4.69, 9.17) is 4.98 Å². The van der Waals surface area contributed by atoms with Gasteiger partial charge in [-0.15, -0.1) is 11.3 Å². The smallest absolute Gasteiger partial charge is 0.0932 e. The van der Waals surface area contributed by atoms with Crippen LogP contribution in [0.3, 0.4) is 0 Å². The molecule has 82 valence electrons. The average Bonchev–Trinajstić information content (AvgIpc) is 2.82. The van der Waals surface area contributed by atoms with Gasteiger partial charge in [0.2, 0.25) is 0 Å². The number of rotatable bonds is 3. The summed E-state index contributed by atoms with van der Waals surface area (Å²) in [6.07, 6.45) is 2.52. The third-order valence-electron chi connectivity index (χ3n) is 3.25. The SMILES string of the molecule is c1sc(CC2CNC2)nc1C1CCSC1. The van der Waals surface area contributed by atoms with Gasteiger partial charge in [-0.05, 0) is 31.2 Å². The lowest BCUT2D eigenvalue weighted by Crippen LogP contribution is -2.43. The van der Waals surface area contributed by atoms with Gasteiger partial charge < -0.3 is 5.32 Å². The van der Waals surface area contributed by atoms with Crippen LogP contribution in [0.5, 0.6) is 0 Å². The monoisotopic (exact) mass is 240 g/mol. The van der Waals surface area contributed by atoms with E-state index in [1.807, 2.05) is 11.3 Å². The lowest BCUT2D eigenvalue weighted by Gasteiger charge is -2.25. The van der Waals surface area contributed by atoms with E-state index < -0.39 is 0 Å². The molecule has 0 amide bonds. The van der Waals surface area contributed by atoms with Gasteiger partial charge in [-0.25, -0.2) is 4.98 Å². The third kappa shape index (κ3) is 2.22. The fourth-order valence-corrected chi connectivity index (χ4v) is 4.35. The second-order valence-electron chi connectivity index (χ2n) is 4.46. The Kier molecular flexibility index (Phi) is 2.99. The van der Waals surface area contributed by atoms with E-state index in [2.05, 4.69) is 22.5 Å². The van der Waals surface area contributed by atoms with E-state index in [0.717, 1.165) is 11.8 Å². The number of nitrogens with zero attached hydrogens (tertiary/aromatic N) is 1. The molecule has 1 aromatic rings. The maximum absolute atomic E-state index is 4.79. The Morgan fingerprint density at radius 3 is 3.07 bits per heavy atom. The first-order chi connectivity index (χ1) is 7.42. The standard InChI is InChI=1S/C11H16N2S2/c1-2-14-6-9(1)10-7-15-11(13-10)3-8-4-12-5-8/h7-9,12H,1-6H2. The van der Waals surface area contributed by atoms with Gasteiger partial charge >= 0.3 is 0 Å². The van der Waals surface area contributed by atoms with Crippen molar-refractivity contribution in [3.63, 3.8) is 0 Å². The Bertz CT molecular complexity index is 327. The molecule has 2 aliphatic rings. The Labute approximate surface area is 98.9 Å². The average molecular weight is 240 g/mol. The Balaban J connectivity index is 1.64. The zero-order valence-electron chi connectivity index (χ0n) is 8.74. The van der Waals surface area contributed by atoms with Crippen molar-refractivity contribution in [3.05, 3.63) is 16.1 Å². The molecule has 0 aliphatic carbocycles. The number of hydrogen-bond acceptors (Lipinski definition) is 4. The van der Waals surface area contributed by atoms with Gasteiger partial charge in [-0.2, -0.15) is 11.8 Å². The van der Waals surface area contributed by atoms with Gasteiger partial charge in [0, 0.05) is 23.5 Å². The summed E-state index contributed by atoms with van der Waals surface area (Å²) in [6.45, 7) is 2.38. The van der Waals surface area contributed by atoms with E-state index in [1.165, 1.54) is 48.1 Å². The van der Waals surface area contributed by atoms with Gasteiger partial charge in [-0.1, -0.05) is 0 Å².